The zero-order valence-electron chi connectivity index (χ0n) is 12.5. The zero-order chi connectivity index (χ0) is 25.0. The number of halogens is 16. The summed E-state index contributed by atoms with van der Waals surface area (Å²) < 4.78 is 224. The highest BCUT2D eigenvalue weighted by atomic mass is 32.3. The van der Waals surface area contributed by atoms with Gasteiger partial charge in [0.1, 0.15) is 0 Å². The number of rotatable bonds is 8. The summed E-state index contributed by atoms with van der Waals surface area (Å²) >= 11 is 0. The monoisotopic (exact) mass is 512 g/mol. The minimum atomic E-state index is -8.09. The Hall–Kier alpha value is -1.58. The van der Waals surface area contributed by atoms with E-state index < -0.39 is 57.8 Å². The van der Waals surface area contributed by atoms with E-state index in [4.69, 9.17) is 0 Å². The Kier molecular flexibility index (Phi) is 6.86. The second-order valence-corrected chi connectivity index (χ2v) is 6.04. The lowest BCUT2D eigenvalue weighted by atomic mass is 10.2. The van der Waals surface area contributed by atoms with Crippen LogP contribution in [0.25, 0.3) is 0 Å². The fourth-order valence-electron chi connectivity index (χ4n) is 1.11. The van der Waals surface area contributed by atoms with E-state index >= 15 is 0 Å². The third-order valence-corrected chi connectivity index (χ3v) is 3.39. The van der Waals surface area contributed by atoms with E-state index in [9.17, 15) is 83.0 Å². The third kappa shape index (κ3) is 4.53. The van der Waals surface area contributed by atoms with Crippen molar-refractivity contribution in [2.75, 3.05) is 0 Å². The number of alkyl halides is 14. The summed E-state index contributed by atoms with van der Waals surface area (Å²) in [5, 5.41) is -7.61. The quantitative estimate of drug-likeness (QED) is 0.363. The SMILES string of the molecule is O=C(F)[C@](F)(OC(F)(F)[C@@](F)(OC(F)(F)C(F)(F)S(=O)(=O)F)C(F)(F)F)C(F)(F)F. The van der Waals surface area contributed by atoms with Crippen LogP contribution >= 0.6 is 0 Å². The molecule has 0 radical (unpaired) electrons. The number of ether oxygens (including phenoxy) is 2. The molecule has 0 aromatic rings. The van der Waals surface area contributed by atoms with Gasteiger partial charge in [-0.25, -0.2) is 0 Å². The van der Waals surface area contributed by atoms with Gasteiger partial charge in [-0.2, -0.15) is 74.3 Å². The molecule has 0 aliphatic carbocycles. The van der Waals surface area contributed by atoms with Crippen LogP contribution in [0.15, 0.2) is 0 Å². The molecule has 0 fully saturated rings. The highest BCUT2D eigenvalue weighted by Gasteiger charge is 2.84. The molecule has 0 saturated carbocycles. The molecule has 0 aromatic heterocycles. The molecule has 0 rings (SSSR count). The fourth-order valence-corrected chi connectivity index (χ4v) is 1.44. The van der Waals surface area contributed by atoms with Crippen LogP contribution in [0.5, 0.6) is 0 Å². The summed E-state index contributed by atoms with van der Waals surface area (Å²) in [6, 6.07) is -4.76. The number of carbonyl (C=O) groups excluding carboxylic acids is 1. The molecule has 2 atom stereocenters. The molecule has 0 aromatic carbocycles. The molecular formula is C8F16O5S. The smallest absolute Gasteiger partial charge is 0.262 e. The van der Waals surface area contributed by atoms with Crippen molar-refractivity contribution in [1.29, 1.82) is 0 Å². The molecule has 0 aliphatic heterocycles. The molecule has 0 bridgehead atoms. The zero-order valence-corrected chi connectivity index (χ0v) is 13.3. The van der Waals surface area contributed by atoms with Gasteiger partial charge in [0.05, 0.1) is 0 Å². The van der Waals surface area contributed by atoms with E-state index in [1.165, 1.54) is 9.47 Å². The lowest BCUT2D eigenvalue weighted by molar-refractivity contribution is -0.533. The van der Waals surface area contributed by atoms with Crippen molar-refractivity contribution in [1.82, 2.24) is 0 Å². The van der Waals surface area contributed by atoms with Gasteiger partial charge in [0, 0.05) is 0 Å². The molecule has 30 heavy (non-hydrogen) atoms. The average molecular weight is 512 g/mol. The first-order chi connectivity index (χ1) is 12.6. The van der Waals surface area contributed by atoms with Crippen molar-refractivity contribution in [2.45, 2.75) is 41.5 Å². The van der Waals surface area contributed by atoms with Gasteiger partial charge < -0.3 is 0 Å². The first-order valence-electron chi connectivity index (χ1n) is 5.80. The molecule has 0 spiro atoms. The summed E-state index contributed by atoms with van der Waals surface area (Å²) in [4.78, 5) is 9.88. The standard InChI is InChI=1S/C8F16O5S/c9-1(25)2(10,4(12,13)14)28-6(18,19)3(11,5(15,16)17)29-7(20,21)8(22,23)30(24,26)27/t2-,3-/m0/s1. The largest absolute Gasteiger partial charge is 0.464 e. The molecule has 180 valence electrons. The molecule has 0 aliphatic rings. The molecule has 0 saturated heterocycles. The van der Waals surface area contributed by atoms with Crippen LogP contribution in [0, 0.1) is 0 Å². The Morgan fingerprint density at radius 2 is 1.00 bits per heavy atom. The highest BCUT2D eigenvalue weighted by Crippen LogP contribution is 2.55. The van der Waals surface area contributed by atoms with Crippen LogP contribution in [-0.2, 0) is 24.5 Å². The van der Waals surface area contributed by atoms with Crippen molar-refractivity contribution in [3.63, 3.8) is 0 Å². The Morgan fingerprint density at radius 3 is 1.23 bits per heavy atom. The van der Waals surface area contributed by atoms with Crippen LogP contribution in [-0.4, -0.2) is 56.0 Å². The Morgan fingerprint density at radius 1 is 0.633 bits per heavy atom. The topological polar surface area (TPSA) is 69.7 Å². The molecule has 0 unspecified atom stereocenters. The van der Waals surface area contributed by atoms with Gasteiger partial charge in [0.2, 0.25) is 0 Å². The van der Waals surface area contributed by atoms with Crippen molar-refractivity contribution >= 4 is 16.3 Å². The van der Waals surface area contributed by atoms with Crippen LogP contribution in [0.2, 0.25) is 0 Å². The molecule has 0 amide bonds. The minimum absolute atomic E-state index is 1.25. The number of hydrogen-bond donors (Lipinski definition) is 0. The maximum atomic E-state index is 13.6. The van der Waals surface area contributed by atoms with Crippen molar-refractivity contribution in [3.05, 3.63) is 0 Å². The van der Waals surface area contributed by atoms with E-state index in [-0.39, 0.29) is 0 Å². The van der Waals surface area contributed by atoms with Crippen molar-refractivity contribution in [3.8, 4) is 0 Å². The van der Waals surface area contributed by atoms with Crippen molar-refractivity contribution in [2.24, 2.45) is 0 Å². The molecule has 5 nitrogen and oxygen atoms in total. The van der Waals surface area contributed by atoms with Gasteiger partial charge in [0.15, 0.2) is 0 Å². The summed E-state index contributed by atoms with van der Waals surface area (Å²) in [6.45, 7) is 0. The second-order valence-electron chi connectivity index (χ2n) is 4.65. The van der Waals surface area contributed by atoms with Gasteiger partial charge in [0.25, 0.3) is 0 Å². The highest BCUT2D eigenvalue weighted by molar-refractivity contribution is 7.87. The maximum Gasteiger partial charge on any atom is 0.464 e. The van der Waals surface area contributed by atoms with Crippen LogP contribution < -0.4 is 0 Å². The van der Waals surface area contributed by atoms with Gasteiger partial charge in [-0.1, -0.05) is 3.89 Å². The lowest BCUT2D eigenvalue weighted by Gasteiger charge is -2.38. The van der Waals surface area contributed by atoms with Gasteiger partial charge in [-0.3, -0.25) is 14.3 Å². The average Bonchev–Trinajstić information content (AvgIpc) is 2.41. The Balaban J connectivity index is 6.70. The first-order valence-corrected chi connectivity index (χ1v) is 7.18. The second kappa shape index (κ2) is 7.24. The minimum Gasteiger partial charge on any atom is -0.262 e. The van der Waals surface area contributed by atoms with Gasteiger partial charge >= 0.3 is 57.8 Å². The third-order valence-electron chi connectivity index (χ3n) is 2.54. The van der Waals surface area contributed by atoms with Crippen LogP contribution in [0.1, 0.15) is 0 Å². The Labute approximate surface area is 151 Å². The summed E-state index contributed by atoms with van der Waals surface area (Å²) in [5.74, 6) is -15.3. The fraction of sp³-hybridized carbons (Fsp3) is 0.875. The Bertz CT molecular complexity index is 769. The normalized spacial score (nSPS) is 19.2. The van der Waals surface area contributed by atoms with E-state index in [0.717, 1.165) is 0 Å². The van der Waals surface area contributed by atoms with E-state index in [2.05, 4.69) is 0 Å². The van der Waals surface area contributed by atoms with E-state index in [1.54, 1.807) is 0 Å². The first kappa shape index (κ1) is 28.4. The van der Waals surface area contributed by atoms with Crippen molar-refractivity contribution < 1.29 is 92.4 Å². The molecular weight excluding hydrogens is 512 g/mol. The summed E-state index contributed by atoms with van der Waals surface area (Å²) in [7, 11) is -8.09. The van der Waals surface area contributed by atoms with E-state index in [1.807, 2.05) is 0 Å². The van der Waals surface area contributed by atoms with E-state index in [0.29, 0.717) is 0 Å². The predicted octanol–water partition coefficient (Wildman–Crippen LogP) is 4.05. The van der Waals surface area contributed by atoms with Crippen LogP contribution in [0.3, 0.4) is 0 Å². The molecule has 0 heterocycles. The maximum absolute atomic E-state index is 13.6. The lowest BCUT2D eigenvalue weighted by Crippen LogP contribution is -2.67. The summed E-state index contributed by atoms with van der Waals surface area (Å²) in [6.07, 6.45) is -31.1. The molecule has 0 N–H and O–H groups in total. The summed E-state index contributed by atoms with van der Waals surface area (Å²) in [5.41, 5.74) is 0. The van der Waals surface area contributed by atoms with Gasteiger partial charge in [-0.05, 0) is 0 Å². The number of hydrogen-bond acceptors (Lipinski definition) is 5. The number of carbonyl (C=O) groups is 1. The van der Waals surface area contributed by atoms with Crippen LogP contribution in [0.4, 0.5) is 69.7 Å². The van der Waals surface area contributed by atoms with Gasteiger partial charge in [-0.15, -0.1) is 0 Å². The molecule has 22 heteroatoms. The predicted molar refractivity (Wildman–Crippen MR) is 52.9 cm³/mol.